The first-order chi connectivity index (χ1) is 14.5. The number of halogens is 1. The second-order valence-corrected chi connectivity index (χ2v) is 8.19. The molecule has 1 saturated heterocycles. The molecule has 1 fully saturated rings. The van der Waals surface area contributed by atoms with Crippen molar-refractivity contribution in [3.63, 3.8) is 0 Å². The molecule has 2 aromatic rings. The van der Waals surface area contributed by atoms with Gasteiger partial charge >= 0.3 is 5.97 Å². The Morgan fingerprint density at radius 2 is 1.87 bits per heavy atom. The first-order valence-electron chi connectivity index (χ1n) is 10.6. The highest BCUT2D eigenvalue weighted by Crippen LogP contribution is 2.21. The molecule has 0 unspecified atom stereocenters. The van der Waals surface area contributed by atoms with E-state index in [1.54, 1.807) is 24.3 Å². The molecule has 1 atom stereocenters. The van der Waals surface area contributed by atoms with E-state index < -0.39 is 0 Å². The topological polar surface area (TPSA) is 58.6 Å². The molecule has 0 aromatic heterocycles. The van der Waals surface area contributed by atoms with Crippen LogP contribution in [0.15, 0.2) is 48.5 Å². The van der Waals surface area contributed by atoms with E-state index >= 15 is 0 Å². The van der Waals surface area contributed by atoms with E-state index in [0.29, 0.717) is 17.9 Å². The molecule has 160 valence electrons. The third kappa shape index (κ3) is 6.57. The lowest BCUT2D eigenvalue weighted by Gasteiger charge is -2.32. The van der Waals surface area contributed by atoms with Crippen molar-refractivity contribution in [2.45, 2.75) is 39.2 Å². The Morgan fingerprint density at radius 1 is 1.13 bits per heavy atom. The number of nitrogens with one attached hydrogen (secondary N) is 1. The van der Waals surface area contributed by atoms with Crippen molar-refractivity contribution in [1.82, 2.24) is 4.90 Å². The van der Waals surface area contributed by atoms with E-state index in [1.165, 1.54) is 5.56 Å². The van der Waals surface area contributed by atoms with Crippen LogP contribution in [0.3, 0.4) is 0 Å². The number of rotatable bonds is 8. The van der Waals surface area contributed by atoms with Crippen LogP contribution in [0.25, 0.3) is 0 Å². The highest BCUT2D eigenvalue weighted by Gasteiger charge is 2.26. The van der Waals surface area contributed by atoms with Crippen LogP contribution in [0.2, 0.25) is 5.02 Å². The number of hydrogen-bond acceptors (Lipinski definition) is 4. The molecule has 5 nitrogen and oxygen atoms in total. The number of carbonyl (C=O) groups excluding carboxylic acids is 2. The van der Waals surface area contributed by atoms with Crippen LogP contribution in [0.4, 0.5) is 5.69 Å². The zero-order valence-electron chi connectivity index (χ0n) is 17.4. The largest absolute Gasteiger partial charge is 0.462 e. The zero-order valence-corrected chi connectivity index (χ0v) is 18.2. The van der Waals surface area contributed by atoms with Gasteiger partial charge in [0.1, 0.15) is 0 Å². The molecule has 1 aliphatic rings. The average molecular weight is 429 g/mol. The maximum atomic E-state index is 12.8. The van der Waals surface area contributed by atoms with E-state index in [-0.39, 0.29) is 17.8 Å². The Kier molecular flexibility index (Phi) is 8.29. The van der Waals surface area contributed by atoms with Crippen LogP contribution >= 0.6 is 11.6 Å². The van der Waals surface area contributed by atoms with Gasteiger partial charge in [0.2, 0.25) is 5.91 Å². The minimum absolute atomic E-state index is 0.0223. The number of ether oxygens (including phenoxy) is 1. The van der Waals surface area contributed by atoms with Gasteiger partial charge in [0.15, 0.2) is 0 Å². The average Bonchev–Trinajstić information content (AvgIpc) is 2.76. The number of piperidine rings is 1. The smallest absolute Gasteiger partial charge is 0.338 e. The molecular weight excluding hydrogens is 400 g/mol. The van der Waals surface area contributed by atoms with Crippen molar-refractivity contribution >= 4 is 29.2 Å². The Hall–Kier alpha value is -2.37. The maximum absolute atomic E-state index is 12.8. The summed E-state index contributed by atoms with van der Waals surface area (Å²) in [7, 11) is 0. The SMILES string of the molecule is CCCCOC(=O)c1ccc(NC(=O)[C@H]2CCCN(Cc3ccc(Cl)cc3)C2)cc1. The van der Waals surface area contributed by atoms with Crippen LogP contribution < -0.4 is 5.32 Å². The molecule has 0 radical (unpaired) electrons. The fourth-order valence-electron chi connectivity index (χ4n) is 3.59. The summed E-state index contributed by atoms with van der Waals surface area (Å²) >= 11 is 5.96. The number of carbonyl (C=O) groups is 2. The number of amides is 1. The molecule has 3 rings (SSSR count). The number of unbranched alkanes of at least 4 members (excludes halogenated alkanes) is 1. The van der Waals surface area contributed by atoms with Crippen molar-refractivity contribution < 1.29 is 14.3 Å². The number of anilines is 1. The lowest BCUT2D eigenvalue weighted by Crippen LogP contribution is -2.40. The summed E-state index contributed by atoms with van der Waals surface area (Å²) in [5, 5.41) is 3.72. The first kappa shape index (κ1) is 22.3. The van der Waals surface area contributed by atoms with Gasteiger partial charge < -0.3 is 10.1 Å². The molecule has 0 bridgehead atoms. The number of hydrogen-bond donors (Lipinski definition) is 1. The fraction of sp³-hybridized carbons (Fsp3) is 0.417. The standard InChI is InChI=1S/C24H29ClN2O3/c1-2-3-15-30-24(29)19-8-12-22(13-9-19)26-23(28)20-5-4-14-27(17-20)16-18-6-10-21(25)11-7-18/h6-13,20H,2-5,14-17H2,1H3,(H,26,28)/t20-/m0/s1. The van der Waals surface area contributed by atoms with Gasteiger partial charge in [-0.15, -0.1) is 0 Å². The Morgan fingerprint density at radius 3 is 2.57 bits per heavy atom. The van der Waals surface area contributed by atoms with Crippen LogP contribution in [0, 0.1) is 5.92 Å². The number of likely N-dealkylation sites (tertiary alicyclic amines) is 1. The quantitative estimate of drug-likeness (QED) is 0.466. The summed E-state index contributed by atoms with van der Waals surface area (Å²) in [5.41, 5.74) is 2.39. The second-order valence-electron chi connectivity index (χ2n) is 7.76. The zero-order chi connectivity index (χ0) is 21.3. The predicted molar refractivity (Wildman–Crippen MR) is 120 cm³/mol. The molecule has 1 aliphatic heterocycles. The molecule has 6 heteroatoms. The molecule has 0 saturated carbocycles. The van der Waals surface area contributed by atoms with Crippen LogP contribution in [-0.2, 0) is 16.1 Å². The summed E-state index contributed by atoms with van der Waals surface area (Å²) in [6, 6.07) is 14.7. The van der Waals surface area contributed by atoms with Crippen molar-refractivity contribution in [1.29, 1.82) is 0 Å². The van der Waals surface area contributed by atoms with Crippen molar-refractivity contribution in [3.8, 4) is 0 Å². The molecule has 0 spiro atoms. The number of nitrogens with zero attached hydrogens (tertiary/aromatic N) is 1. The summed E-state index contributed by atoms with van der Waals surface area (Å²) in [6.07, 6.45) is 3.71. The van der Waals surface area contributed by atoms with E-state index in [0.717, 1.165) is 50.3 Å². The van der Waals surface area contributed by atoms with Crippen molar-refractivity contribution in [3.05, 3.63) is 64.7 Å². The second kappa shape index (κ2) is 11.1. The van der Waals surface area contributed by atoms with E-state index in [2.05, 4.69) is 17.1 Å². The van der Waals surface area contributed by atoms with Crippen LogP contribution in [-0.4, -0.2) is 36.5 Å². The molecule has 1 N–H and O–H groups in total. The Labute approximate surface area is 183 Å². The van der Waals surface area contributed by atoms with Gasteiger partial charge in [0, 0.05) is 23.8 Å². The monoisotopic (exact) mass is 428 g/mol. The number of benzene rings is 2. The summed E-state index contributed by atoms with van der Waals surface area (Å²) in [4.78, 5) is 27.1. The molecule has 1 amide bonds. The summed E-state index contributed by atoms with van der Waals surface area (Å²) < 4.78 is 5.21. The van der Waals surface area contributed by atoms with Crippen LogP contribution in [0.5, 0.6) is 0 Å². The fourth-order valence-corrected chi connectivity index (χ4v) is 3.71. The van der Waals surface area contributed by atoms with Gasteiger partial charge in [-0.05, 0) is 67.8 Å². The minimum atomic E-state index is -0.327. The summed E-state index contributed by atoms with van der Waals surface area (Å²) in [5.74, 6) is -0.356. The molecule has 2 aromatic carbocycles. The Bertz CT molecular complexity index is 837. The predicted octanol–water partition coefficient (Wildman–Crippen LogP) is 5.15. The lowest BCUT2D eigenvalue weighted by atomic mass is 9.96. The molecular formula is C24H29ClN2O3. The molecule has 30 heavy (non-hydrogen) atoms. The molecule has 0 aliphatic carbocycles. The third-order valence-corrected chi connectivity index (χ3v) is 5.57. The van der Waals surface area contributed by atoms with Gasteiger partial charge in [-0.1, -0.05) is 37.1 Å². The van der Waals surface area contributed by atoms with Gasteiger partial charge in [-0.25, -0.2) is 4.79 Å². The third-order valence-electron chi connectivity index (χ3n) is 5.31. The Balaban J connectivity index is 1.51. The van der Waals surface area contributed by atoms with E-state index in [1.807, 2.05) is 24.3 Å². The van der Waals surface area contributed by atoms with Crippen LogP contribution in [0.1, 0.15) is 48.5 Å². The summed E-state index contributed by atoms with van der Waals surface area (Å²) in [6.45, 7) is 5.02. The van der Waals surface area contributed by atoms with Gasteiger partial charge in [0.05, 0.1) is 18.1 Å². The normalized spacial score (nSPS) is 16.8. The highest BCUT2D eigenvalue weighted by atomic mass is 35.5. The van der Waals surface area contributed by atoms with E-state index in [9.17, 15) is 9.59 Å². The van der Waals surface area contributed by atoms with Gasteiger partial charge in [-0.3, -0.25) is 9.69 Å². The van der Waals surface area contributed by atoms with Gasteiger partial charge in [-0.2, -0.15) is 0 Å². The van der Waals surface area contributed by atoms with Crippen molar-refractivity contribution in [2.24, 2.45) is 5.92 Å². The van der Waals surface area contributed by atoms with Gasteiger partial charge in [0.25, 0.3) is 0 Å². The molecule has 1 heterocycles. The maximum Gasteiger partial charge on any atom is 0.338 e. The number of esters is 1. The van der Waals surface area contributed by atoms with E-state index in [4.69, 9.17) is 16.3 Å². The first-order valence-corrected chi connectivity index (χ1v) is 11.0. The highest BCUT2D eigenvalue weighted by molar-refractivity contribution is 6.30. The minimum Gasteiger partial charge on any atom is -0.462 e. The van der Waals surface area contributed by atoms with Crippen molar-refractivity contribution in [2.75, 3.05) is 25.0 Å². The lowest BCUT2D eigenvalue weighted by molar-refractivity contribution is -0.121.